The molecule has 0 aliphatic heterocycles. The Morgan fingerprint density at radius 2 is 2.21 bits per heavy atom. The molecule has 19 heavy (non-hydrogen) atoms. The van der Waals surface area contributed by atoms with Crippen molar-refractivity contribution in [1.82, 2.24) is 9.97 Å². The van der Waals surface area contributed by atoms with Crippen LogP contribution in [0.1, 0.15) is 5.56 Å². The lowest BCUT2D eigenvalue weighted by atomic mass is 10.1. The highest BCUT2D eigenvalue weighted by molar-refractivity contribution is 5.75. The van der Waals surface area contributed by atoms with Crippen LogP contribution >= 0.6 is 0 Å². The highest BCUT2D eigenvalue weighted by Gasteiger charge is 2.14. The molecule has 2 heterocycles. The minimum Gasteiger partial charge on any atom is -0.468 e. The number of hydrogen-bond donors (Lipinski definition) is 1. The molecule has 1 atom stereocenters. The Morgan fingerprint density at radius 1 is 1.37 bits per heavy atom. The van der Waals surface area contributed by atoms with Gasteiger partial charge in [-0.2, -0.15) is 0 Å². The van der Waals surface area contributed by atoms with E-state index in [0.717, 1.165) is 16.8 Å². The number of carbonyl (C=O) groups is 1. The van der Waals surface area contributed by atoms with Gasteiger partial charge in [-0.25, -0.2) is 0 Å². The summed E-state index contributed by atoms with van der Waals surface area (Å²) >= 11 is 0. The van der Waals surface area contributed by atoms with Gasteiger partial charge in [0, 0.05) is 24.2 Å². The van der Waals surface area contributed by atoms with Gasteiger partial charge in [-0.05, 0) is 30.2 Å². The molecule has 0 saturated carbocycles. The third kappa shape index (κ3) is 3.35. The fourth-order valence-corrected chi connectivity index (χ4v) is 1.72. The zero-order chi connectivity index (χ0) is 13.7. The van der Waals surface area contributed by atoms with Crippen molar-refractivity contribution in [3.8, 4) is 11.3 Å². The maximum atomic E-state index is 11.2. The van der Waals surface area contributed by atoms with E-state index in [-0.39, 0.29) is 0 Å². The van der Waals surface area contributed by atoms with Crippen molar-refractivity contribution in [2.45, 2.75) is 12.5 Å². The number of nitrogens with zero attached hydrogens (tertiary/aromatic N) is 2. The lowest BCUT2D eigenvalue weighted by Gasteiger charge is -2.09. The average molecular weight is 257 g/mol. The first-order valence-electron chi connectivity index (χ1n) is 5.89. The maximum absolute atomic E-state index is 11.2. The number of nitrogens with two attached hydrogens (primary N) is 1. The van der Waals surface area contributed by atoms with Crippen LogP contribution in [-0.4, -0.2) is 29.1 Å². The zero-order valence-electron chi connectivity index (χ0n) is 10.6. The summed E-state index contributed by atoms with van der Waals surface area (Å²) in [4.78, 5) is 19.6. The van der Waals surface area contributed by atoms with Gasteiger partial charge in [0.15, 0.2) is 0 Å². The van der Waals surface area contributed by atoms with Crippen molar-refractivity contribution < 1.29 is 9.53 Å². The number of methoxy groups -OCH3 is 1. The van der Waals surface area contributed by atoms with Gasteiger partial charge in [0.2, 0.25) is 0 Å². The summed E-state index contributed by atoms with van der Waals surface area (Å²) in [5.74, 6) is -0.420. The maximum Gasteiger partial charge on any atom is 0.322 e. The Balaban J connectivity index is 2.09. The molecule has 2 rings (SSSR count). The molecule has 5 heteroatoms. The molecule has 98 valence electrons. The van der Waals surface area contributed by atoms with Crippen LogP contribution in [0.5, 0.6) is 0 Å². The first-order valence-corrected chi connectivity index (χ1v) is 5.89. The van der Waals surface area contributed by atoms with Gasteiger partial charge >= 0.3 is 5.97 Å². The topological polar surface area (TPSA) is 78.1 Å². The van der Waals surface area contributed by atoms with Gasteiger partial charge in [0.25, 0.3) is 0 Å². The van der Waals surface area contributed by atoms with Crippen molar-refractivity contribution in [2.24, 2.45) is 5.73 Å². The number of pyridine rings is 2. The van der Waals surface area contributed by atoms with E-state index in [1.165, 1.54) is 7.11 Å². The molecule has 0 aromatic carbocycles. The van der Waals surface area contributed by atoms with E-state index in [4.69, 9.17) is 5.73 Å². The van der Waals surface area contributed by atoms with Crippen LogP contribution in [0, 0.1) is 0 Å². The standard InChI is InChI=1S/C14H15N3O2/c1-19-14(18)12(15)7-10-4-5-13(17-8-10)11-3-2-6-16-9-11/h2-6,8-9,12H,7,15H2,1H3/t12-/m1/s1. The van der Waals surface area contributed by atoms with E-state index in [1.807, 2.05) is 24.3 Å². The first kappa shape index (κ1) is 13.2. The number of hydrogen-bond acceptors (Lipinski definition) is 5. The molecular weight excluding hydrogens is 242 g/mol. The van der Waals surface area contributed by atoms with Crippen LogP contribution < -0.4 is 5.73 Å². The van der Waals surface area contributed by atoms with E-state index in [9.17, 15) is 4.79 Å². The average Bonchev–Trinajstić information content (AvgIpc) is 2.48. The van der Waals surface area contributed by atoms with Gasteiger partial charge < -0.3 is 10.5 Å². The predicted molar refractivity (Wildman–Crippen MR) is 71.2 cm³/mol. The molecule has 2 aromatic heterocycles. The minimum absolute atomic E-state index is 0.410. The first-order chi connectivity index (χ1) is 9.20. The van der Waals surface area contributed by atoms with Gasteiger partial charge in [-0.3, -0.25) is 14.8 Å². The number of carbonyl (C=O) groups excluding carboxylic acids is 1. The number of ether oxygens (including phenoxy) is 1. The Bertz CT molecular complexity index is 540. The molecule has 0 saturated heterocycles. The van der Waals surface area contributed by atoms with E-state index >= 15 is 0 Å². The second-order valence-electron chi connectivity index (χ2n) is 4.13. The van der Waals surface area contributed by atoms with Crippen LogP contribution in [-0.2, 0) is 16.0 Å². The van der Waals surface area contributed by atoms with Gasteiger partial charge in [0.05, 0.1) is 12.8 Å². The molecule has 0 bridgehead atoms. The van der Waals surface area contributed by atoms with Gasteiger partial charge in [-0.15, -0.1) is 0 Å². The van der Waals surface area contributed by atoms with Crippen LogP contribution in [0.2, 0.25) is 0 Å². The molecule has 0 amide bonds. The molecule has 0 spiro atoms. The molecule has 2 N–H and O–H groups in total. The van der Waals surface area contributed by atoms with E-state index in [1.54, 1.807) is 18.6 Å². The lowest BCUT2D eigenvalue weighted by molar-refractivity contribution is -0.142. The summed E-state index contributed by atoms with van der Waals surface area (Å²) in [6, 6.07) is 6.93. The number of rotatable bonds is 4. The van der Waals surface area contributed by atoms with Gasteiger partial charge in [0.1, 0.15) is 6.04 Å². The normalized spacial score (nSPS) is 11.9. The second kappa shape index (κ2) is 6.06. The monoisotopic (exact) mass is 257 g/mol. The van der Waals surface area contributed by atoms with Crippen molar-refractivity contribution in [1.29, 1.82) is 0 Å². The van der Waals surface area contributed by atoms with Crippen molar-refractivity contribution >= 4 is 5.97 Å². The van der Waals surface area contributed by atoms with E-state index in [2.05, 4.69) is 14.7 Å². The quantitative estimate of drug-likeness (QED) is 0.832. The molecule has 0 radical (unpaired) electrons. The lowest BCUT2D eigenvalue weighted by Crippen LogP contribution is -2.33. The predicted octanol–water partition coefficient (Wildman–Crippen LogP) is 1.19. The SMILES string of the molecule is COC(=O)[C@H](N)Cc1ccc(-c2cccnc2)nc1. The Hall–Kier alpha value is -2.27. The highest BCUT2D eigenvalue weighted by atomic mass is 16.5. The Labute approximate surface area is 111 Å². The molecule has 0 unspecified atom stereocenters. The molecular formula is C14H15N3O2. The van der Waals surface area contributed by atoms with Crippen molar-refractivity contribution in [3.05, 3.63) is 48.4 Å². The summed E-state index contributed by atoms with van der Waals surface area (Å²) in [5.41, 5.74) is 8.38. The fraction of sp³-hybridized carbons (Fsp3) is 0.214. The van der Waals surface area contributed by atoms with Crippen molar-refractivity contribution in [2.75, 3.05) is 7.11 Å². The molecule has 0 fully saturated rings. The summed E-state index contributed by atoms with van der Waals surface area (Å²) < 4.78 is 4.58. The molecule has 2 aromatic rings. The largest absolute Gasteiger partial charge is 0.468 e. The summed E-state index contributed by atoms with van der Waals surface area (Å²) in [6.45, 7) is 0. The Morgan fingerprint density at radius 3 is 2.79 bits per heavy atom. The highest BCUT2D eigenvalue weighted by Crippen LogP contribution is 2.15. The van der Waals surface area contributed by atoms with Crippen LogP contribution in [0.4, 0.5) is 0 Å². The summed E-state index contributed by atoms with van der Waals surface area (Å²) in [5, 5.41) is 0. The van der Waals surface area contributed by atoms with Crippen molar-refractivity contribution in [3.63, 3.8) is 0 Å². The molecule has 0 aliphatic carbocycles. The molecule has 0 aliphatic rings. The van der Waals surface area contributed by atoms with E-state index < -0.39 is 12.0 Å². The minimum atomic E-state index is -0.656. The molecule has 5 nitrogen and oxygen atoms in total. The summed E-state index contributed by atoms with van der Waals surface area (Å²) in [7, 11) is 1.33. The third-order valence-corrected chi connectivity index (χ3v) is 2.74. The van der Waals surface area contributed by atoms with Crippen LogP contribution in [0.3, 0.4) is 0 Å². The fourth-order valence-electron chi connectivity index (χ4n) is 1.72. The second-order valence-corrected chi connectivity index (χ2v) is 4.13. The Kier molecular flexibility index (Phi) is 4.20. The smallest absolute Gasteiger partial charge is 0.322 e. The number of esters is 1. The van der Waals surface area contributed by atoms with Gasteiger partial charge in [-0.1, -0.05) is 6.07 Å². The van der Waals surface area contributed by atoms with E-state index in [0.29, 0.717) is 6.42 Å². The summed E-state index contributed by atoms with van der Waals surface area (Å²) in [6.07, 6.45) is 5.59. The number of aromatic nitrogens is 2. The van der Waals surface area contributed by atoms with Crippen LogP contribution in [0.25, 0.3) is 11.3 Å². The van der Waals surface area contributed by atoms with Crippen LogP contribution in [0.15, 0.2) is 42.9 Å². The zero-order valence-corrected chi connectivity index (χ0v) is 10.6. The third-order valence-electron chi connectivity index (χ3n) is 2.74.